The van der Waals surface area contributed by atoms with Crippen LogP contribution >= 0.6 is 0 Å². The number of hydrogen-bond donors (Lipinski definition) is 1. The molecule has 1 atom stereocenters. The van der Waals surface area contributed by atoms with Crippen LogP contribution in [0.25, 0.3) is 0 Å². The lowest BCUT2D eigenvalue weighted by molar-refractivity contribution is -0.0673. The largest absolute Gasteiger partial charge is 0.377 e. The summed E-state index contributed by atoms with van der Waals surface area (Å²) in [5.41, 5.74) is 1.39. The highest BCUT2D eigenvalue weighted by atomic mass is 16.5. The zero-order chi connectivity index (χ0) is 13.4. The van der Waals surface area contributed by atoms with Crippen molar-refractivity contribution in [2.45, 2.75) is 76.9 Å². The Morgan fingerprint density at radius 3 is 2.44 bits per heavy atom. The summed E-state index contributed by atoms with van der Waals surface area (Å²) in [5, 5.41) is 3.71. The maximum atomic E-state index is 5.98. The Morgan fingerprint density at radius 2 is 1.94 bits per heavy atom. The van der Waals surface area contributed by atoms with Crippen molar-refractivity contribution in [2.75, 3.05) is 13.7 Å². The van der Waals surface area contributed by atoms with E-state index in [0.717, 1.165) is 19.4 Å². The molecule has 0 aromatic heterocycles. The van der Waals surface area contributed by atoms with Gasteiger partial charge < -0.3 is 10.1 Å². The predicted octanol–water partition coefficient (Wildman–Crippen LogP) is 4.06. The highest BCUT2D eigenvalue weighted by Gasteiger charge is 2.39. The van der Waals surface area contributed by atoms with E-state index in [1.165, 1.54) is 44.1 Å². The minimum atomic E-state index is 0.0472. The minimum absolute atomic E-state index is 0.0472. The highest BCUT2D eigenvalue weighted by Crippen LogP contribution is 2.36. The fourth-order valence-electron chi connectivity index (χ4n) is 3.04. The van der Waals surface area contributed by atoms with E-state index in [2.05, 4.69) is 25.7 Å². The van der Waals surface area contributed by atoms with Gasteiger partial charge in [-0.05, 0) is 38.6 Å². The van der Waals surface area contributed by atoms with E-state index in [-0.39, 0.29) is 5.60 Å². The molecule has 1 fully saturated rings. The standard InChI is InChI=1S/C16H31NO/c1-5-12-17-15(13-14(3)6-2)16(18-4)10-8-7-9-11-16/h15,17H,3,5-13H2,1-2,4H3. The van der Waals surface area contributed by atoms with Gasteiger partial charge in [0.25, 0.3) is 0 Å². The second kappa shape index (κ2) is 7.96. The van der Waals surface area contributed by atoms with Crippen LogP contribution in [0, 0.1) is 0 Å². The van der Waals surface area contributed by atoms with Gasteiger partial charge in [-0.3, -0.25) is 0 Å². The van der Waals surface area contributed by atoms with E-state index in [0.29, 0.717) is 6.04 Å². The summed E-state index contributed by atoms with van der Waals surface area (Å²) in [6.45, 7) is 9.68. The van der Waals surface area contributed by atoms with Crippen LogP contribution in [0.15, 0.2) is 12.2 Å². The Morgan fingerprint density at radius 1 is 1.28 bits per heavy atom. The van der Waals surface area contributed by atoms with Gasteiger partial charge in [0.1, 0.15) is 0 Å². The third-order valence-electron chi connectivity index (χ3n) is 4.38. The smallest absolute Gasteiger partial charge is 0.0834 e. The van der Waals surface area contributed by atoms with Gasteiger partial charge in [-0.25, -0.2) is 0 Å². The molecule has 2 nitrogen and oxygen atoms in total. The van der Waals surface area contributed by atoms with Crippen LogP contribution in [-0.2, 0) is 4.74 Å². The van der Waals surface area contributed by atoms with Crippen LogP contribution in [0.1, 0.15) is 65.2 Å². The molecule has 0 spiro atoms. The highest BCUT2D eigenvalue weighted by molar-refractivity contribution is 5.04. The van der Waals surface area contributed by atoms with Gasteiger partial charge in [-0.1, -0.05) is 45.3 Å². The molecule has 2 heteroatoms. The number of nitrogens with one attached hydrogen (secondary N) is 1. The van der Waals surface area contributed by atoms with Crippen molar-refractivity contribution in [3.8, 4) is 0 Å². The Balaban J connectivity index is 2.73. The number of rotatable bonds is 8. The molecule has 1 rings (SSSR count). The average Bonchev–Trinajstić information content (AvgIpc) is 2.43. The Kier molecular flexibility index (Phi) is 6.95. The molecule has 1 N–H and O–H groups in total. The van der Waals surface area contributed by atoms with Gasteiger partial charge in [-0.2, -0.15) is 0 Å². The topological polar surface area (TPSA) is 21.3 Å². The SMILES string of the molecule is C=C(CC)CC(NCCC)C1(OC)CCCCC1. The molecule has 1 unspecified atom stereocenters. The second-order valence-corrected chi connectivity index (χ2v) is 5.64. The molecule has 18 heavy (non-hydrogen) atoms. The van der Waals surface area contributed by atoms with Crippen molar-refractivity contribution < 1.29 is 4.74 Å². The molecule has 1 aliphatic rings. The molecular formula is C16H31NO. The van der Waals surface area contributed by atoms with Gasteiger partial charge in [0.15, 0.2) is 0 Å². The maximum absolute atomic E-state index is 5.98. The quantitative estimate of drug-likeness (QED) is 0.659. The zero-order valence-electron chi connectivity index (χ0n) is 12.6. The summed E-state index contributed by atoms with van der Waals surface area (Å²) in [6, 6.07) is 0.440. The number of hydrogen-bond acceptors (Lipinski definition) is 2. The minimum Gasteiger partial charge on any atom is -0.377 e. The lowest BCUT2D eigenvalue weighted by atomic mass is 9.77. The lowest BCUT2D eigenvalue weighted by Crippen LogP contribution is -2.53. The van der Waals surface area contributed by atoms with Crippen molar-refractivity contribution in [2.24, 2.45) is 0 Å². The molecule has 0 aromatic rings. The van der Waals surface area contributed by atoms with Gasteiger partial charge in [-0.15, -0.1) is 0 Å². The van der Waals surface area contributed by atoms with Gasteiger partial charge in [0, 0.05) is 13.2 Å². The predicted molar refractivity (Wildman–Crippen MR) is 79.0 cm³/mol. The first-order valence-electron chi connectivity index (χ1n) is 7.63. The fraction of sp³-hybridized carbons (Fsp3) is 0.875. The first-order valence-corrected chi connectivity index (χ1v) is 7.63. The van der Waals surface area contributed by atoms with Crippen molar-refractivity contribution in [1.82, 2.24) is 5.32 Å². The first-order chi connectivity index (χ1) is 8.68. The molecule has 0 heterocycles. The maximum Gasteiger partial charge on any atom is 0.0834 e. The summed E-state index contributed by atoms with van der Waals surface area (Å²) >= 11 is 0. The Bertz CT molecular complexity index is 243. The monoisotopic (exact) mass is 253 g/mol. The third kappa shape index (κ3) is 4.10. The molecular weight excluding hydrogens is 222 g/mol. The van der Waals surface area contributed by atoms with Crippen LogP contribution in [0.4, 0.5) is 0 Å². The van der Waals surface area contributed by atoms with Crippen LogP contribution in [0.5, 0.6) is 0 Å². The van der Waals surface area contributed by atoms with Crippen LogP contribution in [0.3, 0.4) is 0 Å². The Hall–Kier alpha value is -0.340. The molecule has 0 radical (unpaired) electrons. The number of methoxy groups -OCH3 is 1. The third-order valence-corrected chi connectivity index (χ3v) is 4.38. The van der Waals surface area contributed by atoms with E-state index in [1.54, 1.807) is 0 Å². The zero-order valence-corrected chi connectivity index (χ0v) is 12.6. The average molecular weight is 253 g/mol. The van der Waals surface area contributed by atoms with Crippen molar-refractivity contribution in [3.05, 3.63) is 12.2 Å². The van der Waals surface area contributed by atoms with E-state index in [9.17, 15) is 0 Å². The molecule has 0 amide bonds. The molecule has 1 aliphatic carbocycles. The molecule has 0 aromatic carbocycles. The second-order valence-electron chi connectivity index (χ2n) is 5.64. The first kappa shape index (κ1) is 15.7. The van der Waals surface area contributed by atoms with E-state index >= 15 is 0 Å². The van der Waals surface area contributed by atoms with Crippen molar-refractivity contribution in [3.63, 3.8) is 0 Å². The van der Waals surface area contributed by atoms with E-state index < -0.39 is 0 Å². The summed E-state index contributed by atoms with van der Waals surface area (Å²) < 4.78 is 5.98. The summed E-state index contributed by atoms with van der Waals surface area (Å²) in [7, 11) is 1.89. The lowest BCUT2D eigenvalue weighted by Gasteiger charge is -2.43. The summed E-state index contributed by atoms with van der Waals surface area (Å²) in [6.07, 6.45) is 9.67. The van der Waals surface area contributed by atoms with E-state index in [1.807, 2.05) is 7.11 Å². The number of ether oxygens (including phenoxy) is 1. The Labute approximate surface area is 113 Å². The van der Waals surface area contributed by atoms with Gasteiger partial charge >= 0.3 is 0 Å². The van der Waals surface area contributed by atoms with Crippen LogP contribution < -0.4 is 5.32 Å². The normalized spacial score (nSPS) is 20.6. The molecule has 0 bridgehead atoms. The van der Waals surface area contributed by atoms with Gasteiger partial charge in [0.05, 0.1) is 5.60 Å². The summed E-state index contributed by atoms with van der Waals surface area (Å²) in [4.78, 5) is 0. The van der Waals surface area contributed by atoms with Crippen LogP contribution in [-0.4, -0.2) is 25.3 Å². The summed E-state index contributed by atoms with van der Waals surface area (Å²) in [5.74, 6) is 0. The molecule has 106 valence electrons. The molecule has 0 saturated heterocycles. The molecule has 1 saturated carbocycles. The van der Waals surface area contributed by atoms with Crippen molar-refractivity contribution >= 4 is 0 Å². The van der Waals surface area contributed by atoms with E-state index in [4.69, 9.17) is 4.74 Å². The van der Waals surface area contributed by atoms with Crippen molar-refractivity contribution in [1.29, 1.82) is 0 Å². The fourth-order valence-corrected chi connectivity index (χ4v) is 3.04. The van der Waals surface area contributed by atoms with Gasteiger partial charge in [0.2, 0.25) is 0 Å². The van der Waals surface area contributed by atoms with Crippen LogP contribution in [0.2, 0.25) is 0 Å². The molecule has 0 aliphatic heterocycles.